The van der Waals surface area contributed by atoms with Gasteiger partial charge in [-0.3, -0.25) is 9.89 Å². The maximum Gasteiger partial charge on any atom is 0.245 e. The van der Waals surface area contributed by atoms with Gasteiger partial charge in [0.25, 0.3) is 0 Å². The number of fused-ring (bicyclic) bond motifs is 1. The van der Waals surface area contributed by atoms with Crippen LogP contribution in [0.1, 0.15) is 17.5 Å². The van der Waals surface area contributed by atoms with Gasteiger partial charge in [0.05, 0.1) is 22.2 Å². The van der Waals surface area contributed by atoms with E-state index in [-0.39, 0.29) is 11.3 Å². The minimum Gasteiger partial charge on any atom is -0.382 e. The molecule has 7 heteroatoms. The molecule has 2 aromatic carbocycles. The summed E-state index contributed by atoms with van der Waals surface area (Å²) in [5, 5.41) is 18.1. The van der Waals surface area contributed by atoms with Crippen LogP contribution >= 0.6 is 0 Å². The summed E-state index contributed by atoms with van der Waals surface area (Å²) >= 11 is 0. The van der Waals surface area contributed by atoms with E-state index in [1.165, 1.54) is 6.08 Å². The van der Waals surface area contributed by atoms with Crippen molar-refractivity contribution < 1.29 is 4.79 Å². The van der Waals surface area contributed by atoms with Crippen LogP contribution in [0.25, 0.3) is 22.0 Å². The molecule has 0 unspecified atom stereocenters. The van der Waals surface area contributed by atoms with E-state index in [0.717, 1.165) is 65.9 Å². The number of nitrogen functional groups attached to an aromatic ring is 1. The number of nitrogens with one attached hydrogen (secondary N) is 1. The number of H-pyrrole nitrogens is 1. The first-order chi connectivity index (χ1) is 15.0. The number of amides is 1. The van der Waals surface area contributed by atoms with E-state index in [1.807, 2.05) is 42.2 Å². The van der Waals surface area contributed by atoms with Crippen molar-refractivity contribution in [3.05, 3.63) is 54.1 Å². The van der Waals surface area contributed by atoms with Gasteiger partial charge in [-0.25, -0.2) is 0 Å². The number of aromatic nitrogens is 2. The summed E-state index contributed by atoms with van der Waals surface area (Å²) in [6, 6.07) is 12.4. The third-order valence-electron chi connectivity index (χ3n) is 6.71. The van der Waals surface area contributed by atoms with Gasteiger partial charge in [0.2, 0.25) is 5.91 Å². The second kappa shape index (κ2) is 6.88. The average Bonchev–Trinajstić information content (AvgIpc) is 3.36. The second-order valence-electron chi connectivity index (χ2n) is 8.67. The number of nitriles is 1. The predicted molar refractivity (Wildman–Crippen MR) is 121 cm³/mol. The number of benzene rings is 2. The van der Waals surface area contributed by atoms with Crippen LogP contribution in [0, 0.1) is 23.7 Å². The summed E-state index contributed by atoms with van der Waals surface area (Å²) in [5.41, 5.74) is 11.6. The highest BCUT2D eigenvalue weighted by molar-refractivity contribution is 6.04. The van der Waals surface area contributed by atoms with Crippen LogP contribution < -0.4 is 10.6 Å². The van der Waals surface area contributed by atoms with Crippen molar-refractivity contribution in [1.29, 1.82) is 5.26 Å². The molecule has 1 spiro atoms. The zero-order valence-corrected chi connectivity index (χ0v) is 17.5. The molecule has 0 saturated carbocycles. The molecule has 1 aromatic heterocycles. The molecule has 156 valence electrons. The predicted octanol–water partition coefficient (Wildman–Crippen LogP) is 3.22. The highest BCUT2D eigenvalue weighted by atomic mass is 16.2. The van der Waals surface area contributed by atoms with Gasteiger partial charge in [-0.1, -0.05) is 24.8 Å². The summed E-state index contributed by atoms with van der Waals surface area (Å²) in [5.74, 6) is 0.426. The minimum atomic E-state index is -0.00921. The molecule has 0 aliphatic carbocycles. The largest absolute Gasteiger partial charge is 0.382 e. The Balaban J connectivity index is 1.53. The molecule has 3 N–H and O–H groups in total. The van der Waals surface area contributed by atoms with Gasteiger partial charge in [0.15, 0.2) is 5.82 Å². The number of hydrogen-bond acceptors (Lipinski definition) is 5. The molecule has 0 radical (unpaired) electrons. The molecule has 3 heterocycles. The van der Waals surface area contributed by atoms with E-state index in [2.05, 4.69) is 27.7 Å². The maximum absolute atomic E-state index is 11.9. The molecular formula is C24H24N6O. The Morgan fingerprint density at radius 1 is 1.32 bits per heavy atom. The van der Waals surface area contributed by atoms with E-state index in [4.69, 9.17) is 5.73 Å². The van der Waals surface area contributed by atoms with Gasteiger partial charge in [0.1, 0.15) is 6.07 Å². The Morgan fingerprint density at radius 2 is 2.13 bits per heavy atom. The Kier molecular flexibility index (Phi) is 4.26. The lowest BCUT2D eigenvalue weighted by Gasteiger charge is -2.47. The summed E-state index contributed by atoms with van der Waals surface area (Å²) in [6.07, 6.45) is 2.38. The number of aryl methyl sites for hydroxylation is 1. The van der Waals surface area contributed by atoms with Crippen LogP contribution in [0.3, 0.4) is 0 Å². The number of carbonyl (C=O) groups is 1. The molecule has 0 atom stereocenters. The molecule has 2 fully saturated rings. The van der Waals surface area contributed by atoms with Crippen LogP contribution in [0.2, 0.25) is 0 Å². The molecule has 2 saturated heterocycles. The first-order valence-corrected chi connectivity index (χ1v) is 10.4. The molecule has 7 nitrogen and oxygen atoms in total. The van der Waals surface area contributed by atoms with Gasteiger partial charge in [-0.2, -0.15) is 10.4 Å². The van der Waals surface area contributed by atoms with Crippen LogP contribution in [0.4, 0.5) is 11.5 Å². The third kappa shape index (κ3) is 2.87. The number of aromatic amines is 1. The summed E-state index contributed by atoms with van der Waals surface area (Å²) in [6.45, 7) is 8.81. The van der Waals surface area contributed by atoms with Crippen molar-refractivity contribution in [1.82, 2.24) is 15.1 Å². The molecule has 2 aliphatic rings. The number of nitrogens with zero attached hydrogens (tertiary/aromatic N) is 4. The Labute approximate surface area is 180 Å². The monoisotopic (exact) mass is 412 g/mol. The van der Waals surface area contributed by atoms with Gasteiger partial charge < -0.3 is 15.5 Å². The topological polar surface area (TPSA) is 102 Å². The fourth-order valence-electron chi connectivity index (χ4n) is 5.17. The van der Waals surface area contributed by atoms with Gasteiger partial charge in [0, 0.05) is 37.2 Å². The van der Waals surface area contributed by atoms with Crippen LogP contribution in [0.5, 0.6) is 0 Å². The van der Waals surface area contributed by atoms with Crippen molar-refractivity contribution >= 4 is 28.3 Å². The molecule has 31 heavy (non-hydrogen) atoms. The molecule has 5 rings (SSSR count). The normalized spacial score (nSPS) is 17.0. The van der Waals surface area contributed by atoms with E-state index >= 15 is 0 Å². The Hall–Kier alpha value is -3.79. The molecule has 0 bridgehead atoms. The van der Waals surface area contributed by atoms with Crippen molar-refractivity contribution in [3.63, 3.8) is 0 Å². The van der Waals surface area contributed by atoms with Crippen molar-refractivity contribution in [2.24, 2.45) is 5.41 Å². The number of hydrogen-bond donors (Lipinski definition) is 2. The fourth-order valence-corrected chi connectivity index (χ4v) is 5.17. The quantitative estimate of drug-likeness (QED) is 0.643. The highest BCUT2D eigenvalue weighted by Gasteiger charge is 2.49. The van der Waals surface area contributed by atoms with E-state index in [0.29, 0.717) is 11.4 Å². The van der Waals surface area contributed by atoms with E-state index in [1.54, 1.807) is 0 Å². The average molecular weight is 412 g/mol. The minimum absolute atomic E-state index is 0.00921. The number of likely N-dealkylation sites (tertiary alicyclic amines) is 1. The summed E-state index contributed by atoms with van der Waals surface area (Å²) in [4.78, 5) is 16.0. The highest BCUT2D eigenvalue weighted by Crippen LogP contribution is 2.44. The number of nitrogens with two attached hydrogens (primary N) is 1. The Bertz CT molecular complexity index is 1260. The first kappa shape index (κ1) is 19.2. The van der Waals surface area contributed by atoms with Gasteiger partial charge in [-0.05, 0) is 42.7 Å². The lowest BCUT2D eigenvalue weighted by molar-refractivity contribution is -0.136. The Morgan fingerprint density at radius 3 is 2.87 bits per heavy atom. The number of anilines is 2. The van der Waals surface area contributed by atoms with E-state index in [9.17, 15) is 10.1 Å². The zero-order chi connectivity index (χ0) is 21.8. The van der Waals surface area contributed by atoms with Crippen LogP contribution in [-0.4, -0.2) is 47.2 Å². The SMILES string of the molecule is C=CC(=O)N1CC2(CCN(c3cccc(-c4c(C)ccc5[nH]nc(N)c45)c3C#N)C2)C1. The number of rotatable bonds is 3. The molecule has 1 amide bonds. The maximum atomic E-state index is 11.9. The second-order valence-corrected chi connectivity index (χ2v) is 8.67. The summed E-state index contributed by atoms with van der Waals surface area (Å²) < 4.78 is 0. The lowest BCUT2D eigenvalue weighted by Crippen LogP contribution is -2.59. The lowest BCUT2D eigenvalue weighted by atomic mass is 9.79. The number of carbonyl (C=O) groups excluding carboxylic acids is 1. The van der Waals surface area contributed by atoms with Gasteiger partial charge in [-0.15, -0.1) is 0 Å². The van der Waals surface area contributed by atoms with Gasteiger partial charge >= 0.3 is 0 Å². The van der Waals surface area contributed by atoms with Crippen LogP contribution in [-0.2, 0) is 4.79 Å². The summed E-state index contributed by atoms with van der Waals surface area (Å²) in [7, 11) is 0. The zero-order valence-electron chi connectivity index (χ0n) is 17.5. The third-order valence-corrected chi connectivity index (χ3v) is 6.71. The van der Waals surface area contributed by atoms with Crippen molar-refractivity contribution in [2.45, 2.75) is 13.3 Å². The smallest absolute Gasteiger partial charge is 0.245 e. The molecular weight excluding hydrogens is 388 g/mol. The molecule has 3 aromatic rings. The fraction of sp³-hybridized carbons (Fsp3) is 0.292. The first-order valence-electron chi connectivity index (χ1n) is 10.4. The van der Waals surface area contributed by atoms with Crippen LogP contribution in [0.15, 0.2) is 43.0 Å². The molecule has 2 aliphatic heterocycles. The van der Waals surface area contributed by atoms with Crippen molar-refractivity contribution in [2.75, 3.05) is 36.8 Å². The van der Waals surface area contributed by atoms with Crippen molar-refractivity contribution in [3.8, 4) is 17.2 Å². The standard InChI is InChI=1S/C24H24N6O/c1-3-20(31)30-13-24(14-30)9-10-29(12-24)19-6-4-5-16(17(19)11-25)21-15(2)7-8-18-22(21)23(26)28-27-18/h3-8H,1,9-10,12-14H2,2H3,(H3,26,27,28). The van der Waals surface area contributed by atoms with E-state index < -0.39 is 0 Å².